The molecule has 1 aliphatic heterocycles. The Morgan fingerprint density at radius 1 is 1.38 bits per heavy atom. The molecule has 1 aromatic carbocycles. The topological polar surface area (TPSA) is 71.6 Å². The molecule has 1 fully saturated rings. The zero-order chi connectivity index (χ0) is 14.7. The van der Waals surface area contributed by atoms with Crippen molar-refractivity contribution in [3.63, 3.8) is 0 Å². The van der Waals surface area contributed by atoms with Gasteiger partial charge in [0.15, 0.2) is 0 Å². The number of β-amino-alcohol motifs (C(OH)–C–C–N with tert-alkyl or cyclic N) is 1. The van der Waals surface area contributed by atoms with E-state index in [1.165, 1.54) is 0 Å². The van der Waals surface area contributed by atoms with Crippen molar-refractivity contribution >= 4 is 0 Å². The summed E-state index contributed by atoms with van der Waals surface area (Å²) >= 11 is 0. The van der Waals surface area contributed by atoms with Gasteiger partial charge in [0.1, 0.15) is 5.75 Å². The highest BCUT2D eigenvalue weighted by atomic mass is 16.5. The summed E-state index contributed by atoms with van der Waals surface area (Å²) in [5, 5.41) is 13.7. The minimum Gasteiger partial charge on any atom is -0.497 e. The Kier molecular flexibility index (Phi) is 4.17. The van der Waals surface area contributed by atoms with E-state index in [0.717, 1.165) is 30.7 Å². The average Bonchev–Trinajstić information content (AvgIpc) is 2.96. The summed E-state index contributed by atoms with van der Waals surface area (Å²) in [4.78, 5) is 6.55. The van der Waals surface area contributed by atoms with Gasteiger partial charge in [-0.25, -0.2) is 0 Å². The molecule has 0 bridgehead atoms. The van der Waals surface area contributed by atoms with Gasteiger partial charge >= 0.3 is 0 Å². The van der Waals surface area contributed by atoms with E-state index in [0.29, 0.717) is 24.8 Å². The first-order chi connectivity index (χ1) is 10.2. The molecule has 0 saturated carbocycles. The summed E-state index contributed by atoms with van der Waals surface area (Å²) in [6, 6.07) is 7.54. The van der Waals surface area contributed by atoms with Gasteiger partial charge in [-0.3, -0.25) is 4.90 Å². The lowest BCUT2D eigenvalue weighted by Gasteiger charge is -2.28. The van der Waals surface area contributed by atoms with Crippen molar-refractivity contribution < 1.29 is 14.4 Å². The molecule has 1 saturated heterocycles. The zero-order valence-corrected chi connectivity index (χ0v) is 12.0. The molecular formula is C15H19N3O3. The molecule has 6 heteroatoms. The number of aliphatic hydroxyl groups excluding tert-OH is 1. The smallest absolute Gasteiger partial charge is 0.241 e. The number of aliphatic hydroxyl groups is 1. The minimum atomic E-state index is -0.247. The first-order valence-electron chi connectivity index (χ1n) is 7.12. The van der Waals surface area contributed by atoms with Gasteiger partial charge in [0.25, 0.3) is 0 Å². The first-order valence-corrected chi connectivity index (χ1v) is 7.12. The Hall–Kier alpha value is -1.92. The number of rotatable bonds is 4. The lowest BCUT2D eigenvalue weighted by molar-refractivity contribution is 0.0613. The highest BCUT2D eigenvalue weighted by Gasteiger charge is 2.20. The molecular weight excluding hydrogens is 270 g/mol. The molecule has 1 aromatic heterocycles. The SMILES string of the molecule is COc1ccc(-c2noc(CN3CCCC(O)C3)n2)cc1. The normalized spacial score (nSPS) is 19.6. The number of aromatic nitrogens is 2. The number of methoxy groups -OCH3 is 1. The summed E-state index contributed by atoms with van der Waals surface area (Å²) in [7, 11) is 1.63. The van der Waals surface area contributed by atoms with Gasteiger partial charge in [-0.2, -0.15) is 4.98 Å². The van der Waals surface area contributed by atoms with Crippen molar-refractivity contribution in [2.24, 2.45) is 0 Å². The largest absolute Gasteiger partial charge is 0.497 e. The van der Waals surface area contributed by atoms with Gasteiger partial charge in [-0.05, 0) is 43.7 Å². The molecule has 1 N–H and O–H groups in total. The zero-order valence-electron chi connectivity index (χ0n) is 12.0. The molecule has 0 spiro atoms. The van der Waals surface area contributed by atoms with Crippen LogP contribution < -0.4 is 4.74 Å². The van der Waals surface area contributed by atoms with E-state index >= 15 is 0 Å². The Bertz CT molecular complexity index is 582. The Balaban J connectivity index is 1.67. The first kappa shape index (κ1) is 14.0. The number of hydrogen-bond donors (Lipinski definition) is 1. The summed E-state index contributed by atoms with van der Waals surface area (Å²) in [6.07, 6.45) is 1.63. The van der Waals surface area contributed by atoms with Crippen LogP contribution in [-0.2, 0) is 6.54 Å². The predicted molar refractivity (Wildman–Crippen MR) is 76.8 cm³/mol. The maximum absolute atomic E-state index is 9.67. The molecule has 0 amide bonds. The number of nitrogens with zero attached hydrogens (tertiary/aromatic N) is 3. The van der Waals surface area contributed by atoms with Gasteiger partial charge in [-0.15, -0.1) is 0 Å². The van der Waals surface area contributed by atoms with Crippen molar-refractivity contribution in [2.45, 2.75) is 25.5 Å². The van der Waals surface area contributed by atoms with Gasteiger partial charge in [0.05, 0.1) is 19.8 Å². The highest BCUT2D eigenvalue weighted by molar-refractivity contribution is 5.55. The van der Waals surface area contributed by atoms with Crippen molar-refractivity contribution in [2.75, 3.05) is 20.2 Å². The van der Waals surface area contributed by atoms with Crippen LogP contribution in [0.4, 0.5) is 0 Å². The van der Waals surface area contributed by atoms with Crippen LogP contribution in [0.2, 0.25) is 0 Å². The fraction of sp³-hybridized carbons (Fsp3) is 0.467. The highest BCUT2D eigenvalue weighted by Crippen LogP contribution is 2.20. The fourth-order valence-corrected chi connectivity index (χ4v) is 2.54. The molecule has 1 unspecified atom stereocenters. The molecule has 1 atom stereocenters. The maximum atomic E-state index is 9.67. The summed E-state index contributed by atoms with van der Waals surface area (Å²) in [6.45, 7) is 2.21. The second kappa shape index (κ2) is 6.24. The Morgan fingerprint density at radius 3 is 2.90 bits per heavy atom. The van der Waals surface area contributed by atoms with Crippen molar-refractivity contribution in [3.05, 3.63) is 30.2 Å². The molecule has 2 heterocycles. The quantitative estimate of drug-likeness (QED) is 0.923. The summed E-state index contributed by atoms with van der Waals surface area (Å²) in [5.74, 6) is 1.95. The molecule has 0 radical (unpaired) electrons. The monoisotopic (exact) mass is 289 g/mol. The third-order valence-electron chi connectivity index (χ3n) is 3.66. The Labute approximate surface area is 123 Å². The van der Waals surface area contributed by atoms with E-state index in [1.807, 2.05) is 24.3 Å². The summed E-state index contributed by atoms with van der Waals surface area (Å²) < 4.78 is 10.4. The molecule has 0 aliphatic carbocycles. The molecule has 21 heavy (non-hydrogen) atoms. The number of benzene rings is 1. The van der Waals surface area contributed by atoms with E-state index in [-0.39, 0.29) is 6.10 Å². The van der Waals surface area contributed by atoms with E-state index < -0.39 is 0 Å². The molecule has 3 rings (SSSR count). The Morgan fingerprint density at radius 2 is 2.19 bits per heavy atom. The van der Waals surface area contributed by atoms with Crippen LogP contribution in [0.5, 0.6) is 5.75 Å². The minimum absolute atomic E-state index is 0.247. The third-order valence-corrected chi connectivity index (χ3v) is 3.66. The van der Waals surface area contributed by atoms with Gasteiger partial charge < -0.3 is 14.4 Å². The molecule has 6 nitrogen and oxygen atoms in total. The standard InChI is InChI=1S/C15H19N3O3/c1-20-13-6-4-11(5-7-13)15-16-14(21-17-15)10-18-8-2-3-12(19)9-18/h4-7,12,19H,2-3,8-10H2,1H3. The van der Waals surface area contributed by atoms with Crippen molar-refractivity contribution in [1.82, 2.24) is 15.0 Å². The van der Waals surface area contributed by atoms with Crippen LogP contribution in [0.1, 0.15) is 18.7 Å². The number of hydrogen-bond acceptors (Lipinski definition) is 6. The van der Waals surface area contributed by atoms with Crippen LogP contribution in [0.25, 0.3) is 11.4 Å². The fourth-order valence-electron chi connectivity index (χ4n) is 2.54. The summed E-state index contributed by atoms with van der Waals surface area (Å²) in [5.41, 5.74) is 0.893. The lowest BCUT2D eigenvalue weighted by atomic mass is 10.1. The van der Waals surface area contributed by atoms with Crippen LogP contribution in [0.15, 0.2) is 28.8 Å². The maximum Gasteiger partial charge on any atom is 0.241 e. The van der Waals surface area contributed by atoms with Crippen molar-refractivity contribution in [3.8, 4) is 17.1 Å². The van der Waals surface area contributed by atoms with Crippen LogP contribution >= 0.6 is 0 Å². The predicted octanol–water partition coefficient (Wildman–Crippen LogP) is 1.70. The van der Waals surface area contributed by atoms with E-state index in [9.17, 15) is 5.11 Å². The van der Waals surface area contributed by atoms with E-state index in [2.05, 4.69) is 15.0 Å². The van der Waals surface area contributed by atoms with E-state index in [1.54, 1.807) is 7.11 Å². The molecule has 1 aliphatic rings. The van der Waals surface area contributed by atoms with Crippen molar-refractivity contribution in [1.29, 1.82) is 0 Å². The number of piperidine rings is 1. The van der Waals surface area contributed by atoms with Crippen LogP contribution in [0, 0.1) is 0 Å². The second-order valence-corrected chi connectivity index (χ2v) is 5.27. The molecule has 112 valence electrons. The number of likely N-dealkylation sites (tertiary alicyclic amines) is 1. The van der Waals surface area contributed by atoms with E-state index in [4.69, 9.17) is 9.26 Å². The van der Waals surface area contributed by atoms with Gasteiger partial charge in [0, 0.05) is 12.1 Å². The average molecular weight is 289 g/mol. The second-order valence-electron chi connectivity index (χ2n) is 5.27. The van der Waals surface area contributed by atoms with Crippen LogP contribution in [-0.4, -0.2) is 46.5 Å². The van der Waals surface area contributed by atoms with Gasteiger partial charge in [-0.1, -0.05) is 5.16 Å². The number of ether oxygens (including phenoxy) is 1. The van der Waals surface area contributed by atoms with Crippen LogP contribution in [0.3, 0.4) is 0 Å². The van der Waals surface area contributed by atoms with Gasteiger partial charge in [0.2, 0.25) is 11.7 Å². The molecule has 2 aromatic rings. The third kappa shape index (κ3) is 3.40. The lowest BCUT2D eigenvalue weighted by Crippen LogP contribution is -2.37.